The second kappa shape index (κ2) is 14.3. The minimum absolute atomic E-state index is 0.138. The standard InChI is InChI=1S/C64H44N2S/c1-63(2)53-21-9-6-18-47(53)49-35-33-46(40-58(49)63)65(44-31-28-41(29-32-44)42-30-37-62-52(38-42)50-20-8-15-27-61(50)67-62)45-34-36-55-51(39-45)48-19-7-10-22-54(48)64(55)56-23-11-13-25-59(56)66(43-16-4-3-5-17-43)60-26-14-12-24-57(60)64/h3-40H,1-2H3. The van der Waals surface area contributed by atoms with Gasteiger partial charge in [-0.05, 0) is 146 Å². The van der Waals surface area contributed by atoms with Gasteiger partial charge in [0.15, 0.2) is 0 Å². The molecule has 0 atom stereocenters. The molecule has 0 radical (unpaired) electrons. The molecule has 3 heteroatoms. The molecule has 67 heavy (non-hydrogen) atoms. The van der Waals surface area contributed by atoms with E-state index in [1.165, 1.54) is 98.3 Å². The number of hydrogen-bond donors (Lipinski definition) is 0. The molecule has 316 valence electrons. The van der Waals surface area contributed by atoms with Gasteiger partial charge in [-0.15, -0.1) is 11.3 Å². The summed E-state index contributed by atoms with van der Waals surface area (Å²) in [6.07, 6.45) is 0. The lowest BCUT2D eigenvalue weighted by atomic mass is 9.64. The summed E-state index contributed by atoms with van der Waals surface area (Å²) in [6, 6.07) is 86.3. The smallest absolute Gasteiger partial charge is 0.0754 e. The molecule has 1 aromatic heterocycles. The first-order chi connectivity index (χ1) is 33.0. The van der Waals surface area contributed by atoms with Crippen LogP contribution < -0.4 is 9.80 Å². The molecule has 0 bridgehead atoms. The summed E-state index contributed by atoms with van der Waals surface area (Å²) in [6.45, 7) is 4.75. The third-order valence-electron chi connectivity index (χ3n) is 15.1. The summed E-state index contributed by atoms with van der Waals surface area (Å²) >= 11 is 1.87. The molecule has 0 saturated heterocycles. The first kappa shape index (κ1) is 38.3. The van der Waals surface area contributed by atoms with Crippen LogP contribution in [0.1, 0.15) is 47.2 Å². The fourth-order valence-electron chi connectivity index (χ4n) is 12.1. The lowest BCUT2D eigenvalue weighted by molar-refractivity contribution is 0.660. The third kappa shape index (κ3) is 5.38. The van der Waals surface area contributed by atoms with Crippen molar-refractivity contribution in [2.45, 2.75) is 24.7 Å². The minimum Gasteiger partial charge on any atom is -0.310 e. The van der Waals surface area contributed by atoms with Crippen molar-refractivity contribution in [3.05, 3.63) is 264 Å². The van der Waals surface area contributed by atoms with Crippen LogP contribution in [0.15, 0.2) is 231 Å². The highest BCUT2D eigenvalue weighted by Crippen LogP contribution is 2.64. The van der Waals surface area contributed by atoms with Crippen molar-refractivity contribution in [2.24, 2.45) is 0 Å². The van der Waals surface area contributed by atoms with Gasteiger partial charge in [0.25, 0.3) is 0 Å². The molecule has 2 nitrogen and oxygen atoms in total. The Morgan fingerprint density at radius 3 is 1.66 bits per heavy atom. The molecule has 2 heterocycles. The predicted molar refractivity (Wildman–Crippen MR) is 283 cm³/mol. The normalized spacial score (nSPS) is 14.3. The molecule has 11 aromatic rings. The van der Waals surface area contributed by atoms with Crippen LogP contribution in [0.5, 0.6) is 0 Å². The third-order valence-corrected chi connectivity index (χ3v) is 16.2. The van der Waals surface area contributed by atoms with Crippen LogP contribution in [0, 0.1) is 0 Å². The van der Waals surface area contributed by atoms with Gasteiger partial charge >= 0.3 is 0 Å². The Hall–Kier alpha value is -7.98. The summed E-state index contributed by atoms with van der Waals surface area (Å²) in [5.41, 5.74) is 21.8. The number of fused-ring (bicyclic) bond motifs is 15. The van der Waals surface area contributed by atoms with E-state index in [-0.39, 0.29) is 5.41 Å². The molecule has 2 aliphatic carbocycles. The zero-order chi connectivity index (χ0) is 44.4. The quantitative estimate of drug-likeness (QED) is 0.170. The number of anilines is 6. The fraction of sp³-hybridized carbons (Fsp3) is 0.0625. The Balaban J connectivity index is 0.962. The van der Waals surface area contributed by atoms with Gasteiger partial charge in [-0.1, -0.05) is 166 Å². The molecular formula is C64H44N2S. The van der Waals surface area contributed by atoms with Crippen molar-refractivity contribution in [1.29, 1.82) is 0 Å². The van der Waals surface area contributed by atoms with Gasteiger partial charge in [0, 0.05) is 48.3 Å². The van der Waals surface area contributed by atoms with Gasteiger partial charge in [-0.25, -0.2) is 0 Å². The van der Waals surface area contributed by atoms with E-state index < -0.39 is 5.41 Å². The first-order valence-corrected chi connectivity index (χ1v) is 24.1. The van der Waals surface area contributed by atoms with Crippen molar-refractivity contribution in [1.82, 2.24) is 0 Å². The second-order valence-electron chi connectivity index (χ2n) is 18.8. The molecule has 10 aromatic carbocycles. The lowest BCUT2D eigenvalue weighted by Crippen LogP contribution is -2.36. The van der Waals surface area contributed by atoms with Crippen LogP contribution in [-0.4, -0.2) is 0 Å². The zero-order valence-electron chi connectivity index (χ0n) is 37.2. The number of benzene rings is 10. The van der Waals surface area contributed by atoms with Crippen molar-refractivity contribution >= 4 is 65.6 Å². The molecule has 1 spiro atoms. The highest BCUT2D eigenvalue weighted by Gasteiger charge is 2.51. The van der Waals surface area contributed by atoms with Crippen LogP contribution in [0.3, 0.4) is 0 Å². The van der Waals surface area contributed by atoms with E-state index in [0.29, 0.717) is 0 Å². The predicted octanol–water partition coefficient (Wildman–Crippen LogP) is 17.6. The van der Waals surface area contributed by atoms with E-state index in [0.717, 1.165) is 22.7 Å². The lowest BCUT2D eigenvalue weighted by Gasteiger charge is -2.45. The van der Waals surface area contributed by atoms with Crippen LogP contribution in [0.2, 0.25) is 0 Å². The van der Waals surface area contributed by atoms with Gasteiger partial charge in [0.2, 0.25) is 0 Å². The number of thiophene rings is 1. The Morgan fingerprint density at radius 2 is 0.896 bits per heavy atom. The van der Waals surface area contributed by atoms with Gasteiger partial charge in [-0.2, -0.15) is 0 Å². The van der Waals surface area contributed by atoms with Crippen molar-refractivity contribution in [3.8, 4) is 33.4 Å². The van der Waals surface area contributed by atoms with E-state index in [9.17, 15) is 0 Å². The topological polar surface area (TPSA) is 6.48 Å². The maximum absolute atomic E-state index is 2.48. The molecule has 3 aliphatic rings. The van der Waals surface area contributed by atoms with Crippen LogP contribution in [0.4, 0.5) is 34.1 Å². The Bertz CT molecular complexity index is 3760. The molecule has 14 rings (SSSR count). The van der Waals surface area contributed by atoms with Crippen LogP contribution in [-0.2, 0) is 10.8 Å². The van der Waals surface area contributed by atoms with Crippen molar-refractivity contribution < 1.29 is 0 Å². The SMILES string of the molecule is CC1(C)c2ccccc2-c2ccc(N(c3ccc(-c4ccc5sc6ccccc6c5c4)cc3)c3ccc4c(c3)-c3ccccc3C43c4ccccc4N(c4ccccc4)c4ccccc43)cc21. The molecule has 0 fully saturated rings. The molecule has 0 N–H and O–H groups in total. The van der Waals surface area contributed by atoms with Gasteiger partial charge in [0.05, 0.1) is 16.8 Å². The van der Waals surface area contributed by atoms with E-state index in [4.69, 9.17) is 0 Å². The largest absolute Gasteiger partial charge is 0.310 e. The Labute approximate surface area is 395 Å². The zero-order valence-corrected chi connectivity index (χ0v) is 38.1. The van der Waals surface area contributed by atoms with Gasteiger partial charge in [-0.3, -0.25) is 0 Å². The average molecular weight is 873 g/mol. The first-order valence-electron chi connectivity index (χ1n) is 23.3. The van der Waals surface area contributed by atoms with Crippen molar-refractivity contribution in [2.75, 3.05) is 9.80 Å². The second-order valence-corrected chi connectivity index (χ2v) is 19.9. The molecular weight excluding hydrogens is 829 g/mol. The Morgan fingerprint density at radius 1 is 0.358 bits per heavy atom. The van der Waals surface area contributed by atoms with Crippen LogP contribution in [0.25, 0.3) is 53.6 Å². The van der Waals surface area contributed by atoms with E-state index in [1.54, 1.807) is 0 Å². The molecule has 0 amide bonds. The summed E-state index contributed by atoms with van der Waals surface area (Å²) in [5.74, 6) is 0. The number of hydrogen-bond acceptors (Lipinski definition) is 3. The number of nitrogens with zero attached hydrogens (tertiary/aromatic N) is 2. The minimum atomic E-state index is -0.520. The van der Waals surface area contributed by atoms with Crippen LogP contribution >= 0.6 is 11.3 Å². The summed E-state index contributed by atoms with van der Waals surface area (Å²) in [4.78, 5) is 4.93. The monoisotopic (exact) mass is 872 g/mol. The summed E-state index contributed by atoms with van der Waals surface area (Å²) in [5, 5.41) is 2.64. The maximum atomic E-state index is 2.48. The summed E-state index contributed by atoms with van der Waals surface area (Å²) < 4.78 is 2.65. The van der Waals surface area contributed by atoms with E-state index in [1.807, 2.05) is 11.3 Å². The number of rotatable bonds is 5. The maximum Gasteiger partial charge on any atom is 0.0754 e. The van der Waals surface area contributed by atoms with Gasteiger partial charge in [0.1, 0.15) is 0 Å². The Kier molecular flexibility index (Phi) is 8.15. The number of para-hydroxylation sites is 3. The summed E-state index contributed by atoms with van der Waals surface area (Å²) in [7, 11) is 0. The highest BCUT2D eigenvalue weighted by atomic mass is 32.1. The molecule has 0 unspecified atom stereocenters. The van der Waals surface area contributed by atoms with Gasteiger partial charge < -0.3 is 9.80 Å². The van der Waals surface area contributed by atoms with E-state index in [2.05, 4.69) is 254 Å². The molecule has 1 aliphatic heterocycles. The highest BCUT2D eigenvalue weighted by molar-refractivity contribution is 7.25. The van der Waals surface area contributed by atoms with E-state index >= 15 is 0 Å². The van der Waals surface area contributed by atoms with Crippen molar-refractivity contribution in [3.63, 3.8) is 0 Å². The fourth-order valence-corrected chi connectivity index (χ4v) is 13.2. The average Bonchev–Trinajstić information content (AvgIpc) is 3.98. The molecule has 0 saturated carbocycles.